The van der Waals surface area contributed by atoms with E-state index < -0.39 is 0 Å². The molecule has 18 heavy (non-hydrogen) atoms. The van der Waals surface area contributed by atoms with Crippen LogP contribution in [0.1, 0.15) is 26.3 Å². The normalized spacial score (nSPS) is 12.8. The number of ether oxygens (including phenoxy) is 1. The molecule has 0 radical (unpaired) electrons. The van der Waals surface area contributed by atoms with E-state index in [2.05, 4.69) is 9.97 Å². The molecule has 0 amide bonds. The summed E-state index contributed by atoms with van der Waals surface area (Å²) in [4.78, 5) is 10.7. The minimum Gasteiger partial charge on any atom is -0.377 e. The van der Waals surface area contributed by atoms with Crippen molar-refractivity contribution in [1.29, 1.82) is 0 Å². The molecule has 0 aliphatic carbocycles. The van der Waals surface area contributed by atoms with Gasteiger partial charge >= 0.3 is 0 Å². The molecule has 1 rings (SSSR count). The lowest BCUT2D eigenvalue weighted by Crippen LogP contribution is -2.26. The smallest absolute Gasteiger partial charge is 0.225 e. The van der Waals surface area contributed by atoms with Gasteiger partial charge in [-0.2, -0.15) is 0 Å². The van der Waals surface area contributed by atoms with Crippen molar-refractivity contribution in [3.8, 4) is 0 Å². The monoisotopic (exact) mass is 252 g/mol. The van der Waals surface area contributed by atoms with Gasteiger partial charge in [-0.25, -0.2) is 9.97 Å². The zero-order chi connectivity index (χ0) is 13.5. The SMILES string of the molecule is CC(N)Cc1cnc(N(C)CCOC(C)C)nc1. The maximum Gasteiger partial charge on any atom is 0.225 e. The highest BCUT2D eigenvalue weighted by atomic mass is 16.5. The van der Waals surface area contributed by atoms with E-state index in [4.69, 9.17) is 10.5 Å². The molecule has 5 heteroatoms. The lowest BCUT2D eigenvalue weighted by molar-refractivity contribution is 0.0844. The van der Waals surface area contributed by atoms with Gasteiger partial charge in [0.1, 0.15) is 0 Å². The van der Waals surface area contributed by atoms with E-state index in [0.717, 1.165) is 24.5 Å². The second kappa shape index (κ2) is 7.28. The summed E-state index contributed by atoms with van der Waals surface area (Å²) in [5.74, 6) is 0.718. The Morgan fingerprint density at radius 1 is 1.28 bits per heavy atom. The number of nitrogens with zero attached hydrogens (tertiary/aromatic N) is 3. The molecule has 2 N–H and O–H groups in total. The van der Waals surface area contributed by atoms with Crippen LogP contribution >= 0.6 is 0 Å². The van der Waals surface area contributed by atoms with E-state index in [1.54, 1.807) is 0 Å². The minimum atomic E-state index is 0.136. The summed E-state index contributed by atoms with van der Waals surface area (Å²) in [6, 6.07) is 0.136. The Morgan fingerprint density at radius 2 is 1.89 bits per heavy atom. The summed E-state index contributed by atoms with van der Waals surface area (Å²) in [5, 5.41) is 0. The van der Waals surface area contributed by atoms with Crippen LogP contribution in [-0.4, -0.2) is 42.3 Å². The summed E-state index contributed by atoms with van der Waals surface area (Å²) in [6.45, 7) is 7.49. The predicted octanol–water partition coefficient (Wildman–Crippen LogP) is 1.23. The Labute approximate surface area is 109 Å². The molecule has 0 fully saturated rings. The first-order valence-corrected chi connectivity index (χ1v) is 6.38. The summed E-state index contributed by atoms with van der Waals surface area (Å²) in [5.41, 5.74) is 6.80. The molecule has 0 bridgehead atoms. The van der Waals surface area contributed by atoms with Gasteiger partial charge in [0.15, 0.2) is 0 Å². The number of aromatic nitrogens is 2. The fourth-order valence-corrected chi connectivity index (χ4v) is 1.55. The van der Waals surface area contributed by atoms with E-state index in [9.17, 15) is 0 Å². The van der Waals surface area contributed by atoms with Crippen LogP contribution in [0.2, 0.25) is 0 Å². The molecular weight excluding hydrogens is 228 g/mol. The molecule has 0 spiro atoms. The van der Waals surface area contributed by atoms with Crippen molar-refractivity contribution in [2.24, 2.45) is 5.73 Å². The fourth-order valence-electron chi connectivity index (χ4n) is 1.55. The van der Waals surface area contributed by atoms with E-state index in [1.807, 2.05) is 45.1 Å². The first-order valence-electron chi connectivity index (χ1n) is 6.38. The first-order chi connectivity index (χ1) is 8.49. The van der Waals surface area contributed by atoms with Crippen molar-refractivity contribution in [2.45, 2.75) is 39.3 Å². The molecular formula is C13H24N4O. The van der Waals surface area contributed by atoms with Gasteiger partial charge in [-0.1, -0.05) is 0 Å². The van der Waals surface area contributed by atoms with Gasteiger partial charge in [-0.05, 0) is 32.8 Å². The second-order valence-corrected chi connectivity index (χ2v) is 4.91. The number of hydrogen-bond donors (Lipinski definition) is 1. The van der Waals surface area contributed by atoms with E-state index >= 15 is 0 Å². The summed E-state index contributed by atoms with van der Waals surface area (Å²) >= 11 is 0. The molecule has 1 unspecified atom stereocenters. The molecule has 0 aliphatic rings. The van der Waals surface area contributed by atoms with Crippen LogP contribution in [0, 0.1) is 0 Å². The Morgan fingerprint density at radius 3 is 2.39 bits per heavy atom. The molecule has 1 heterocycles. The molecule has 1 atom stereocenters. The van der Waals surface area contributed by atoms with Crippen LogP contribution < -0.4 is 10.6 Å². The van der Waals surface area contributed by atoms with Gasteiger partial charge in [-0.3, -0.25) is 0 Å². The van der Waals surface area contributed by atoms with Crippen molar-refractivity contribution < 1.29 is 4.74 Å². The second-order valence-electron chi connectivity index (χ2n) is 4.91. The first kappa shape index (κ1) is 14.9. The van der Waals surface area contributed by atoms with Crippen molar-refractivity contribution >= 4 is 5.95 Å². The summed E-state index contributed by atoms with van der Waals surface area (Å²) < 4.78 is 5.50. The Balaban J connectivity index is 2.46. The van der Waals surface area contributed by atoms with Gasteiger partial charge in [0.05, 0.1) is 12.7 Å². The molecule has 0 aromatic carbocycles. The molecule has 0 aliphatic heterocycles. The highest BCUT2D eigenvalue weighted by Gasteiger charge is 2.05. The van der Waals surface area contributed by atoms with E-state index in [0.29, 0.717) is 6.61 Å². The zero-order valence-electron chi connectivity index (χ0n) is 11.8. The third-order valence-corrected chi connectivity index (χ3v) is 2.47. The van der Waals surface area contributed by atoms with Crippen LogP contribution in [0.5, 0.6) is 0 Å². The largest absolute Gasteiger partial charge is 0.377 e. The van der Waals surface area contributed by atoms with Crippen LogP contribution in [-0.2, 0) is 11.2 Å². The standard InChI is InChI=1S/C13H24N4O/c1-10(2)18-6-5-17(4)13-15-8-12(9-16-13)7-11(3)14/h8-11H,5-7,14H2,1-4H3. The maximum atomic E-state index is 5.73. The molecule has 1 aromatic heterocycles. The van der Waals surface area contributed by atoms with Crippen molar-refractivity contribution in [1.82, 2.24) is 9.97 Å². The lowest BCUT2D eigenvalue weighted by Gasteiger charge is -2.18. The average molecular weight is 252 g/mol. The topological polar surface area (TPSA) is 64.3 Å². The van der Waals surface area contributed by atoms with Crippen molar-refractivity contribution in [3.63, 3.8) is 0 Å². The summed E-state index contributed by atoms with van der Waals surface area (Å²) in [7, 11) is 1.96. The highest BCUT2D eigenvalue weighted by molar-refractivity contribution is 5.28. The fraction of sp³-hybridized carbons (Fsp3) is 0.692. The van der Waals surface area contributed by atoms with Gasteiger partial charge in [0, 0.05) is 32.0 Å². The molecule has 5 nitrogen and oxygen atoms in total. The number of rotatable bonds is 7. The van der Waals surface area contributed by atoms with Crippen molar-refractivity contribution in [2.75, 3.05) is 25.1 Å². The van der Waals surface area contributed by atoms with Gasteiger partial charge in [0.2, 0.25) is 5.95 Å². The molecule has 0 saturated heterocycles. The van der Waals surface area contributed by atoms with Crippen LogP contribution in [0.15, 0.2) is 12.4 Å². The molecule has 0 saturated carbocycles. The highest BCUT2D eigenvalue weighted by Crippen LogP contribution is 2.06. The summed E-state index contributed by atoms with van der Waals surface area (Å²) in [6.07, 6.45) is 4.74. The number of nitrogens with two attached hydrogens (primary N) is 1. The predicted molar refractivity (Wildman–Crippen MR) is 73.7 cm³/mol. The number of likely N-dealkylation sites (N-methyl/N-ethyl adjacent to an activating group) is 1. The minimum absolute atomic E-state index is 0.136. The molecule has 1 aromatic rings. The Bertz CT molecular complexity index is 337. The van der Waals surface area contributed by atoms with Crippen LogP contribution in [0.3, 0.4) is 0 Å². The number of anilines is 1. The third-order valence-electron chi connectivity index (χ3n) is 2.47. The average Bonchev–Trinajstić information content (AvgIpc) is 2.28. The molecule has 102 valence electrons. The Hall–Kier alpha value is -1.20. The van der Waals surface area contributed by atoms with E-state index in [-0.39, 0.29) is 12.1 Å². The van der Waals surface area contributed by atoms with Crippen LogP contribution in [0.25, 0.3) is 0 Å². The maximum absolute atomic E-state index is 5.73. The third kappa shape index (κ3) is 5.42. The lowest BCUT2D eigenvalue weighted by atomic mass is 10.1. The quantitative estimate of drug-likeness (QED) is 0.790. The number of hydrogen-bond acceptors (Lipinski definition) is 5. The Kier molecular flexibility index (Phi) is 6.01. The van der Waals surface area contributed by atoms with Gasteiger partial charge in [-0.15, -0.1) is 0 Å². The zero-order valence-corrected chi connectivity index (χ0v) is 11.8. The van der Waals surface area contributed by atoms with Gasteiger partial charge < -0.3 is 15.4 Å². The van der Waals surface area contributed by atoms with Crippen molar-refractivity contribution in [3.05, 3.63) is 18.0 Å². The van der Waals surface area contributed by atoms with Gasteiger partial charge in [0.25, 0.3) is 0 Å². The van der Waals surface area contributed by atoms with Crippen LogP contribution in [0.4, 0.5) is 5.95 Å². The van der Waals surface area contributed by atoms with E-state index in [1.165, 1.54) is 0 Å².